The quantitative estimate of drug-likeness (QED) is 0.0347. The molecule has 0 aliphatic rings. The molecule has 0 spiro atoms. The van der Waals surface area contributed by atoms with Crippen LogP contribution in [-0.2, 0) is 23.8 Å². The van der Waals surface area contributed by atoms with Crippen molar-refractivity contribution in [2.24, 2.45) is 0 Å². The Kier molecular flexibility index (Phi) is 49.5. The molecule has 0 rings (SSSR count). The molecule has 62 heavy (non-hydrogen) atoms. The molecule has 0 aromatic heterocycles. The number of rotatable bonds is 46. The minimum atomic E-state index is -0.564. The van der Waals surface area contributed by atoms with Crippen molar-refractivity contribution >= 4 is 11.9 Å². The highest BCUT2D eigenvalue weighted by atomic mass is 16.6. The summed E-state index contributed by atoms with van der Waals surface area (Å²) in [7, 11) is 0. The fourth-order valence-corrected chi connectivity index (χ4v) is 6.84. The Labute approximate surface area is 383 Å². The second-order valence-electron chi connectivity index (χ2n) is 16.7. The van der Waals surface area contributed by atoms with Crippen LogP contribution < -0.4 is 0 Å². The number of hydrogen-bond acceptors (Lipinski definition) is 5. The summed E-state index contributed by atoms with van der Waals surface area (Å²) in [5.74, 6) is -0.447. The number of carbonyl (C=O) groups is 2. The lowest BCUT2D eigenvalue weighted by Crippen LogP contribution is -2.30. The molecule has 0 N–H and O–H groups in total. The van der Waals surface area contributed by atoms with Gasteiger partial charge in [-0.05, 0) is 96.3 Å². The van der Waals surface area contributed by atoms with Crippen LogP contribution in [0.4, 0.5) is 0 Å². The fraction of sp³-hybridized carbons (Fsp3) is 0.684. The third kappa shape index (κ3) is 49.5. The normalized spacial score (nSPS) is 13.0. The fourth-order valence-electron chi connectivity index (χ4n) is 6.84. The number of unbranched alkanes of at least 4 members (excludes halogenated alkanes) is 19. The smallest absolute Gasteiger partial charge is 0.306 e. The van der Waals surface area contributed by atoms with E-state index in [4.69, 9.17) is 14.2 Å². The molecule has 0 aromatic carbocycles. The molecule has 0 aliphatic heterocycles. The van der Waals surface area contributed by atoms with E-state index in [0.29, 0.717) is 19.4 Å². The molecule has 354 valence electrons. The summed E-state index contributed by atoms with van der Waals surface area (Å²) in [4.78, 5) is 25.4. The maximum atomic E-state index is 12.8. The van der Waals surface area contributed by atoms with E-state index in [1.165, 1.54) is 77.0 Å². The predicted octanol–water partition coefficient (Wildman–Crippen LogP) is 17.5. The average molecular weight is 861 g/mol. The van der Waals surface area contributed by atoms with Crippen LogP contribution in [0.25, 0.3) is 0 Å². The molecule has 0 saturated carbocycles. The first kappa shape index (κ1) is 58.8. The van der Waals surface area contributed by atoms with Gasteiger partial charge in [-0.1, -0.05) is 214 Å². The van der Waals surface area contributed by atoms with Crippen LogP contribution in [0, 0.1) is 0 Å². The van der Waals surface area contributed by atoms with Crippen LogP contribution in [-0.4, -0.2) is 37.9 Å². The number of ether oxygens (including phenoxy) is 3. The first-order valence-corrected chi connectivity index (χ1v) is 25.8. The molecular weight excluding hydrogens is 765 g/mol. The van der Waals surface area contributed by atoms with Crippen molar-refractivity contribution in [2.75, 3.05) is 19.8 Å². The zero-order chi connectivity index (χ0) is 44.9. The molecule has 1 atom stereocenters. The second kappa shape index (κ2) is 52.2. The van der Waals surface area contributed by atoms with Gasteiger partial charge in [0.05, 0.1) is 6.61 Å². The number of hydrogen-bond donors (Lipinski definition) is 0. The Morgan fingerprint density at radius 2 is 0.726 bits per heavy atom. The standard InChI is InChI=1S/C57H96O5/c1-4-7-10-13-16-19-22-25-26-27-28-29-30-31-34-37-40-43-46-49-52-60-53-55(62-57(59)51-48-45-42-39-36-33-24-21-18-15-12-9-6-3)54-61-56(58)50-47-44-41-38-35-32-23-20-17-14-11-8-5-2/h7-8,10-11,16-17,19-20,25-26,28-29,31-32,34-35,55H,4-6,9,12-15,18,21-24,27,30,33,36-54H2,1-3H3/b10-7-,11-8-,19-16-,20-17-,26-25-,29-28-,34-31-,35-32-. The van der Waals surface area contributed by atoms with E-state index in [9.17, 15) is 9.59 Å². The zero-order valence-electron chi connectivity index (χ0n) is 40.6. The van der Waals surface area contributed by atoms with Crippen LogP contribution in [0.3, 0.4) is 0 Å². The molecule has 5 heteroatoms. The van der Waals surface area contributed by atoms with Gasteiger partial charge in [0.2, 0.25) is 0 Å². The first-order valence-electron chi connectivity index (χ1n) is 25.8. The van der Waals surface area contributed by atoms with Crippen LogP contribution in [0.15, 0.2) is 97.2 Å². The van der Waals surface area contributed by atoms with Gasteiger partial charge in [-0.3, -0.25) is 9.59 Å². The van der Waals surface area contributed by atoms with Gasteiger partial charge >= 0.3 is 11.9 Å². The van der Waals surface area contributed by atoms with Crippen LogP contribution in [0.1, 0.15) is 226 Å². The van der Waals surface area contributed by atoms with Crippen molar-refractivity contribution in [3.05, 3.63) is 97.2 Å². The highest BCUT2D eigenvalue weighted by Crippen LogP contribution is 2.14. The Balaban J connectivity index is 4.35. The minimum absolute atomic E-state index is 0.0565. The summed E-state index contributed by atoms with van der Waals surface area (Å²) in [6.07, 6.45) is 69.9. The summed E-state index contributed by atoms with van der Waals surface area (Å²) in [5.41, 5.74) is 0. The van der Waals surface area contributed by atoms with Gasteiger partial charge in [-0.2, -0.15) is 0 Å². The predicted molar refractivity (Wildman–Crippen MR) is 270 cm³/mol. The molecule has 0 saturated heterocycles. The topological polar surface area (TPSA) is 61.8 Å². The highest BCUT2D eigenvalue weighted by molar-refractivity contribution is 5.70. The zero-order valence-corrected chi connectivity index (χ0v) is 40.6. The highest BCUT2D eigenvalue weighted by Gasteiger charge is 2.17. The van der Waals surface area contributed by atoms with Crippen LogP contribution >= 0.6 is 0 Å². The van der Waals surface area contributed by atoms with Crippen molar-refractivity contribution in [3.8, 4) is 0 Å². The van der Waals surface area contributed by atoms with E-state index in [-0.39, 0.29) is 25.2 Å². The molecule has 0 radical (unpaired) electrons. The van der Waals surface area contributed by atoms with Crippen LogP contribution in [0.2, 0.25) is 0 Å². The number of allylic oxidation sites excluding steroid dienone is 16. The molecule has 1 unspecified atom stereocenters. The molecule has 0 heterocycles. The lowest BCUT2D eigenvalue weighted by atomic mass is 10.0. The maximum absolute atomic E-state index is 12.8. The largest absolute Gasteiger partial charge is 0.462 e. The van der Waals surface area contributed by atoms with Crippen molar-refractivity contribution in [1.29, 1.82) is 0 Å². The van der Waals surface area contributed by atoms with Gasteiger partial charge in [-0.25, -0.2) is 0 Å². The van der Waals surface area contributed by atoms with Crippen molar-refractivity contribution in [2.45, 2.75) is 232 Å². The Morgan fingerprint density at radius 1 is 0.371 bits per heavy atom. The molecule has 5 nitrogen and oxygen atoms in total. The van der Waals surface area contributed by atoms with Gasteiger partial charge < -0.3 is 14.2 Å². The van der Waals surface area contributed by atoms with Crippen LogP contribution in [0.5, 0.6) is 0 Å². The summed E-state index contributed by atoms with van der Waals surface area (Å²) >= 11 is 0. The Hall–Kier alpha value is -3.18. The van der Waals surface area contributed by atoms with Crippen molar-refractivity contribution in [3.63, 3.8) is 0 Å². The lowest BCUT2D eigenvalue weighted by Gasteiger charge is -2.18. The van der Waals surface area contributed by atoms with Gasteiger partial charge in [0.1, 0.15) is 6.61 Å². The second-order valence-corrected chi connectivity index (χ2v) is 16.7. The number of carbonyl (C=O) groups excluding carboxylic acids is 2. The van der Waals surface area contributed by atoms with Crippen molar-refractivity contribution < 1.29 is 23.8 Å². The van der Waals surface area contributed by atoms with Crippen molar-refractivity contribution in [1.82, 2.24) is 0 Å². The Morgan fingerprint density at radius 3 is 1.18 bits per heavy atom. The lowest BCUT2D eigenvalue weighted by molar-refractivity contribution is -0.163. The minimum Gasteiger partial charge on any atom is -0.462 e. The molecule has 0 aromatic rings. The first-order chi connectivity index (χ1) is 30.6. The summed E-state index contributed by atoms with van der Waals surface area (Å²) in [6.45, 7) is 7.51. The van der Waals surface area contributed by atoms with E-state index in [2.05, 4.69) is 118 Å². The van der Waals surface area contributed by atoms with E-state index < -0.39 is 6.10 Å². The van der Waals surface area contributed by atoms with Gasteiger partial charge in [0.25, 0.3) is 0 Å². The van der Waals surface area contributed by atoms with E-state index in [1.54, 1.807) is 0 Å². The summed E-state index contributed by atoms with van der Waals surface area (Å²) in [5, 5.41) is 0. The molecule has 0 aliphatic carbocycles. The maximum Gasteiger partial charge on any atom is 0.306 e. The van der Waals surface area contributed by atoms with E-state index >= 15 is 0 Å². The third-order valence-corrected chi connectivity index (χ3v) is 10.6. The van der Waals surface area contributed by atoms with E-state index in [1.807, 2.05) is 0 Å². The monoisotopic (exact) mass is 861 g/mol. The average Bonchev–Trinajstić information content (AvgIpc) is 3.27. The molecule has 0 bridgehead atoms. The van der Waals surface area contributed by atoms with Gasteiger partial charge in [-0.15, -0.1) is 0 Å². The van der Waals surface area contributed by atoms with E-state index in [0.717, 1.165) is 116 Å². The number of esters is 2. The molecule has 0 fully saturated rings. The SMILES string of the molecule is CC/C=C\C/C=C\C/C=C\C/C=C\C/C=C\CCCCCCOCC(COC(=O)CCCCC/C=C\C/C=C\C/C=C\CC)OC(=O)CCCCCCCCCCCCCCC. The third-order valence-electron chi connectivity index (χ3n) is 10.6. The van der Waals surface area contributed by atoms with Gasteiger partial charge in [0, 0.05) is 19.4 Å². The molecular formula is C57H96O5. The molecule has 0 amide bonds. The summed E-state index contributed by atoms with van der Waals surface area (Å²) < 4.78 is 17.4. The van der Waals surface area contributed by atoms with Gasteiger partial charge in [0.15, 0.2) is 6.10 Å². The Bertz CT molecular complexity index is 1200. The summed E-state index contributed by atoms with van der Waals surface area (Å²) in [6, 6.07) is 0.